The van der Waals surface area contributed by atoms with Gasteiger partial charge in [0, 0.05) is 7.05 Å². The van der Waals surface area contributed by atoms with Crippen LogP contribution in [-0.4, -0.2) is 19.0 Å². The van der Waals surface area contributed by atoms with Crippen LogP contribution in [0.3, 0.4) is 0 Å². The van der Waals surface area contributed by atoms with Crippen molar-refractivity contribution in [2.24, 2.45) is 21.5 Å². The number of aliphatic imine (C=N–C) groups is 2. The molecule has 1 aromatic heterocycles. The van der Waals surface area contributed by atoms with Crippen molar-refractivity contribution < 1.29 is 4.42 Å². The van der Waals surface area contributed by atoms with Crippen LogP contribution in [0.1, 0.15) is 0 Å². The maximum Gasteiger partial charge on any atom is 0.218 e. The van der Waals surface area contributed by atoms with Gasteiger partial charge in [0.1, 0.15) is 6.26 Å². The maximum absolute atomic E-state index is 5.48. The molecule has 6 heteroatoms. The summed E-state index contributed by atoms with van der Waals surface area (Å²) < 4.78 is 4.81. The van der Waals surface area contributed by atoms with Gasteiger partial charge in [-0.2, -0.15) is 4.99 Å². The number of furan rings is 1. The van der Waals surface area contributed by atoms with Gasteiger partial charge in [-0.1, -0.05) is 0 Å². The predicted molar refractivity (Wildman–Crippen MR) is 51.5 cm³/mol. The zero-order valence-corrected chi connectivity index (χ0v) is 7.19. The van der Waals surface area contributed by atoms with Crippen molar-refractivity contribution in [2.75, 3.05) is 12.4 Å². The number of nitrogens with one attached hydrogen (secondary N) is 1. The predicted octanol–water partition coefficient (Wildman–Crippen LogP) is -0.0493. The fourth-order valence-corrected chi connectivity index (χ4v) is 0.685. The Balaban J connectivity index is 2.60. The van der Waals surface area contributed by atoms with E-state index in [1.54, 1.807) is 6.07 Å². The van der Waals surface area contributed by atoms with Gasteiger partial charge in [0.2, 0.25) is 11.9 Å². The molecule has 1 heterocycles. The smallest absolute Gasteiger partial charge is 0.218 e. The first-order valence-corrected chi connectivity index (χ1v) is 3.58. The molecule has 0 saturated carbocycles. The topological polar surface area (TPSA) is 102 Å². The third-order valence-electron chi connectivity index (χ3n) is 1.26. The van der Waals surface area contributed by atoms with Crippen LogP contribution in [0.15, 0.2) is 33.0 Å². The van der Waals surface area contributed by atoms with E-state index in [-0.39, 0.29) is 11.9 Å². The molecule has 0 aromatic carbocycles. The number of rotatable bonds is 1. The molecule has 1 aromatic rings. The van der Waals surface area contributed by atoms with Gasteiger partial charge in [-0.05, 0) is 6.07 Å². The lowest BCUT2D eigenvalue weighted by molar-refractivity contribution is 0.568. The Morgan fingerprint density at radius 3 is 2.85 bits per heavy atom. The van der Waals surface area contributed by atoms with Crippen molar-refractivity contribution in [3.05, 3.63) is 18.6 Å². The number of anilines is 1. The second-order valence-electron chi connectivity index (χ2n) is 2.22. The number of hydrogen-bond donors (Lipinski definition) is 3. The molecule has 0 bridgehead atoms. The van der Waals surface area contributed by atoms with Gasteiger partial charge in [-0.15, -0.1) is 0 Å². The molecule has 0 aliphatic heterocycles. The van der Waals surface area contributed by atoms with Crippen LogP contribution in [0.25, 0.3) is 0 Å². The lowest BCUT2D eigenvalue weighted by atomic mass is 10.5. The first-order valence-electron chi connectivity index (χ1n) is 3.58. The Bertz CT molecular complexity index is 314. The molecule has 0 unspecified atom stereocenters. The van der Waals surface area contributed by atoms with Gasteiger partial charge in [0.05, 0.1) is 12.0 Å². The summed E-state index contributed by atoms with van der Waals surface area (Å²) in [4.78, 5) is 7.36. The van der Waals surface area contributed by atoms with Crippen LogP contribution < -0.4 is 16.8 Å². The van der Waals surface area contributed by atoms with Crippen LogP contribution in [0.4, 0.5) is 5.69 Å². The summed E-state index contributed by atoms with van der Waals surface area (Å²) >= 11 is 0. The third kappa shape index (κ3) is 2.86. The van der Waals surface area contributed by atoms with Crippen molar-refractivity contribution in [1.29, 1.82) is 0 Å². The largest absolute Gasteiger partial charge is 0.470 e. The molecule has 0 radical (unpaired) electrons. The van der Waals surface area contributed by atoms with Crippen molar-refractivity contribution in [3.8, 4) is 0 Å². The second kappa shape index (κ2) is 4.15. The van der Waals surface area contributed by atoms with Gasteiger partial charge in [0.15, 0.2) is 0 Å². The van der Waals surface area contributed by atoms with E-state index in [4.69, 9.17) is 15.9 Å². The minimum absolute atomic E-state index is 0.119. The number of guanidine groups is 2. The van der Waals surface area contributed by atoms with E-state index in [1.807, 2.05) is 0 Å². The highest BCUT2D eigenvalue weighted by Gasteiger charge is 1.95. The Morgan fingerprint density at radius 1 is 1.54 bits per heavy atom. The quantitative estimate of drug-likeness (QED) is 0.417. The van der Waals surface area contributed by atoms with Crippen molar-refractivity contribution in [3.63, 3.8) is 0 Å². The highest BCUT2D eigenvalue weighted by molar-refractivity contribution is 6.00. The highest BCUT2D eigenvalue weighted by Crippen LogP contribution is 2.05. The fourth-order valence-electron chi connectivity index (χ4n) is 0.685. The Kier molecular flexibility index (Phi) is 2.91. The zero-order valence-electron chi connectivity index (χ0n) is 7.19. The Labute approximate surface area is 75.3 Å². The fraction of sp³-hybridized carbons (Fsp3) is 0.143. The SMILES string of the molecule is CN=C(N)N=C(N)Nc1ccoc1. The average molecular weight is 181 g/mol. The molecule has 0 aliphatic carbocycles. The first kappa shape index (κ1) is 9.11. The summed E-state index contributed by atoms with van der Waals surface area (Å²) in [6.45, 7) is 0. The van der Waals surface area contributed by atoms with Gasteiger partial charge in [-0.25, -0.2) is 0 Å². The van der Waals surface area contributed by atoms with Crippen LogP contribution >= 0.6 is 0 Å². The van der Waals surface area contributed by atoms with Crippen LogP contribution in [0, 0.1) is 0 Å². The summed E-state index contributed by atoms with van der Waals surface area (Å²) in [6.07, 6.45) is 3.02. The first-order chi connectivity index (χ1) is 6.22. The van der Waals surface area contributed by atoms with E-state index >= 15 is 0 Å². The molecule has 0 aliphatic rings. The van der Waals surface area contributed by atoms with E-state index in [9.17, 15) is 0 Å². The molecule has 5 N–H and O–H groups in total. The molecule has 0 atom stereocenters. The molecule has 6 nitrogen and oxygen atoms in total. The summed E-state index contributed by atoms with van der Waals surface area (Å²) in [5.74, 6) is 0.290. The van der Waals surface area contributed by atoms with E-state index in [1.165, 1.54) is 19.6 Å². The highest BCUT2D eigenvalue weighted by atomic mass is 16.3. The Morgan fingerprint density at radius 2 is 2.31 bits per heavy atom. The lowest BCUT2D eigenvalue weighted by Crippen LogP contribution is -2.25. The molecule has 0 fully saturated rings. The number of hydrogen-bond acceptors (Lipinski definition) is 2. The van der Waals surface area contributed by atoms with E-state index in [0.717, 1.165) is 0 Å². The minimum Gasteiger partial charge on any atom is -0.470 e. The summed E-state index contributed by atoms with van der Waals surface area (Å²) in [6, 6.07) is 1.71. The second-order valence-corrected chi connectivity index (χ2v) is 2.22. The Hall–Kier alpha value is -1.98. The third-order valence-corrected chi connectivity index (χ3v) is 1.26. The molecule has 0 spiro atoms. The number of nitrogens with two attached hydrogens (primary N) is 2. The summed E-state index contributed by atoms with van der Waals surface area (Å²) in [5.41, 5.74) is 11.5. The zero-order chi connectivity index (χ0) is 9.68. The monoisotopic (exact) mass is 181 g/mol. The van der Waals surface area contributed by atoms with Crippen molar-refractivity contribution >= 4 is 17.6 Å². The van der Waals surface area contributed by atoms with Crippen molar-refractivity contribution in [2.45, 2.75) is 0 Å². The molecule has 70 valence electrons. The van der Waals surface area contributed by atoms with Crippen LogP contribution in [0.5, 0.6) is 0 Å². The van der Waals surface area contributed by atoms with Gasteiger partial charge < -0.3 is 21.2 Å². The minimum atomic E-state index is 0.119. The molecule has 1 rings (SSSR count). The van der Waals surface area contributed by atoms with Gasteiger partial charge in [0.25, 0.3) is 0 Å². The molecule has 0 amide bonds. The van der Waals surface area contributed by atoms with E-state index in [2.05, 4.69) is 15.3 Å². The molecular weight excluding hydrogens is 170 g/mol. The van der Waals surface area contributed by atoms with Crippen LogP contribution in [-0.2, 0) is 0 Å². The average Bonchev–Trinajstić information content (AvgIpc) is 2.56. The van der Waals surface area contributed by atoms with E-state index < -0.39 is 0 Å². The standard InChI is InChI=1S/C7H11N5O/c1-10-6(8)12-7(9)11-5-2-3-13-4-5/h2-4H,1H3,(H5,8,9,10,11,12). The maximum atomic E-state index is 5.48. The van der Waals surface area contributed by atoms with Gasteiger partial charge >= 0.3 is 0 Å². The molecular formula is C7H11N5O. The van der Waals surface area contributed by atoms with Gasteiger partial charge in [-0.3, -0.25) is 4.99 Å². The number of nitrogens with zero attached hydrogens (tertiary/aromatic N) is 2. The molecule has 0 saturated heterocycles. The van der Waals surface area contributed by atoms with E-state index in [0.29, 0.717) is 5.69 Å². The summed E-state index contributed by atoms with van der Waals surface area (Å²) in [7, 11) is 1.53. The lowest BCUT2D eigenvalue weighted by Gasteiger charge is -2.00. The summed E-state index contributed by atoms with van der Waals surface area (Å²) in [5, 5.41) is 2.76. The normalized spacial score (nSPS) is 13.0. The van der Waals surface area contributed by atoms with Crippen molar-refractivity contribution in [1.82, 2.24) is 0 Å². The molecule has 13 heavy (non-hydrogen) atoms. The van der Waals surface area contributed by atoms with Crippen LogP contribution in [0.2, 0.25) is 0 Å².